The van der Waals surface area contributed by atoms with E-state index < -0.39 is 29.1 Å². The summed E-state index contributed by atoms with van der Waals surface area (Å²) in [5.41, 5.74) is 0.825. The van der Waals surface area contributed by atoms with Crippen molar-refractivity contribution >= 4 is 29.2 Å². The summed E-state index contributed by atoms with van der Waals surface area (Å²) in [4.78, 5) is 42.4. The second kappa shape index (κ2) is 5.89. The molecule has 0 bridgehead atoms. The van der Waals surface area contributed by atoms with Crippen LogP contribution in [0.3, 0.4) is 0 Å². The Morgan fingerprint density at radius 3 is 2.57 bits per heavy atom. The molecule has 7 heteroatoms. The number of carbonyl (C=O) groups is 3. The lowest BCUT2D eigenvalue weighted by Gasteiger charge is -2.49. The normalized spacial score (nSPS) is 26.3. The Labute approximate surface area is 160 Å². The number of imide groups is 2. The van der Waals surface area contributed by atoms with E-state index in [-0.39, 0.29) is 18.2 Å². The van der Waals surface area contributed by atoms with Crippen molar-refractivity contribution in [1.29, 1.82) is 0 Å². The first kappa shape index (κ1) is 16.9. The van der Waals surface area contributed by atoms with E-state index >= 15 is 0 Å². The molecule has 2 unspecified atom stereocenters. The van der Waals surface area contributed by atoms with Crippen LogP contribution in [0.2, 0.25) is 0 Å². The lowest BCUT2D eigenvalue weighted by Crippen LogP contribution is -2.71. The highest BCUT2D eigenvalue weighted by Gasteiger charge is 2.62. The van der Waals surface area contributed by atoms with Gasteiger partial charge in [0.1, 0.15) is 5.82 Å². The first-order valence-electron chi connectivity index (χ1n) is 9.32. The number of nitrogens with one attached hydrogen (secondary N) is 1. The zero-order valence-electron chi connectivity index (χ0n) is 15.0. The maximum atomic E-state index is 13.7. The fraction of sp³-hybridized carbons (Fsp3) is 0.286. The van der Waals surface area contributed by atoms with Gasteiger partial charge in [-0.1, -0.05) is 18.2 Å². The van der Waals surface area contributed by atoms with Crippen LogP contribution in [0.15, 0.2) is 48.5 Å². The maximum absolute atomic E-state index is 13.7. The molecule has 142 valence electrons. The Kier molecular flexibility index (Phi) is 3.56. The summed E-state index contributed by atoms with van der Waals surface area (Å²) in [6.07, 6.45) is 1.80. The van der Waals surface area contributed by atoms with Crippen LogP contribution in [0, 0.1) is 11.2 Å². The second-order valence-electron chi connectivity index (χ2n) is 7.50. The van der Waals surface area contributed by atoms with Crippen molar-refractivity contribution in [3.8, 4) is 0 Å². The summed E-state index contributed by atoms with van der Waals surface area (Å²) in [5, 5.41) is 2.38. The van der Waals surface area contributed by atoms with Crippen LogP contribution in [0.4, 0.5) is 20.6 Å². The molecule has 0 radical (unpaired) electrons. The lowest BCUT2D eigenvalue weighted by atomic mass is 9.68. The van der Waals surface area contributed by atoms with Crippen molar-refractivity contribution in [2.45, 2.75) is 25.3 Å². The lowest BCUT2D eigenvalue weighted by molar-refractivity contribution is -0.144. The third kappa shape index (κ3) is 2.16. The van der Waals surface area contributed by atoms with E-state index in [2.05, 4.69) is 10.2 Å². The number of halogens is 1. The minimum Gasteiger partial charge on any atom is -0.367 e. The van der Waals surface area contributed by atoms with Crippen LogP contribution in [-0.2, 0) is 16.0 Å². The molecule has 6 nitrogen and oxygen atoms in total. The Morgan fingerprint density at radius 1 is 1.04 bits per heavy atom. The van der Waals surface area contributed by atoms with Gasteiger partial charge < -0.3 is 4.90 Å². The predicted molar refractivity (Wildman–Crippen MR) is 100 cm³/mol. The van der Waals surface area contributed by atoms with E-state index in [9.17, 15) is 18.8 Å². The molecule has 0 aromatic heterocycles. The summed E-state index contributed by atoms with van der Waals surface area (Å²) in [6.45, 7) is 0.758. The van der Waals surface area contributed by atoms with Crippen molar-refractivity contribution in [3.05, 3.63) is 59.9 Å². The van der Waals surface area contributed by atoms with Crippen LogP contribution in [-0.4, -0.2) is 30.4 Å². The highest BCUT2D eigenvalue weighted by molar-refractivity contribution is 6.30. The van der Waals surface area contributed by atoms with Gasteiger partial charge in [-0.05, 0) is 55.2 Å². The fourth-order valence-corrected chi connectivity index (χ4v) is 4.85. The Bertz CT molecular complexity index is 1010. The van der Waals surface area contributed by atoms with Gasteiger partial charge in [0.2, 0.25) is 5.91 Å². The van der Waals surface area contributed by atoms with Crippen molar-refractivity contribution in [1.82, 2.24) is 5.32 Å². The Morgan fingerprint density at radius 2 is 1.79 bits per heavy atom. The SMILES string of the molecule is O=C1NC(=O)C2(Cc3ccccc3N3CCCC32)C(=O)N1c1ccc(F)cc1. The molecular formula is C21H18FN3O3. The smallest absolute Gasteiger partial charge is 0.335 e. The standard InChI is InChI=1S/C21H18FN3O3/c22-14-7-9-15(10-8-14)25-19(27)21(18(26)23-20(25)28)12-13-4-1-2-5-16(13)24-11-3-6-17(21)24/h1-2,4-5,7-10,17H,3,6,11-12H2,(H,23,26,28). The zero-order valence-corrected chi connectivity index (χ0v) is 15.0. The van der Waals surface area contributed by atoms with Gasteiger partial charge in [-0.15, -0.1) is 0 Å². The molecule has 4 amide bonds. The second-order valence-corrected chi connectivity index (χ2v) is 7.50. The number of anilines is 2. The summed E-state index contributed by atoms with van der Waals surface area (Å²) >= 11 is 0. The van der Waals surface area contributed by atoms with Gasteiger partial charge in [0, 0.05) is 12.2 Å². The number of para-hydroxylation sites is 1. The van der Waals surface area contributed by atoms with Gasteiger partial charge in [0.25, 0.3) is 5.91 Å². The third-order valence-corrected chi connectivity index (χ3v) is 6.09. The third-order valence-electron chi connectivity index (χ3n) is 6.09. The van der Waals surface area contributed by atoms with Crippen molar-refractivity contribution in [2.75, 3.05) is 16.3 Å². The van der Waals surface area contributed by atoms with E-state index in [1.807, 2.05) is 24.3 Å². The highest BCUT2D eigenvalue weighted by Crippen LogP contribution is 2.48. The average molecular weight is 379 g/mol. The van der Waals surface area contributed by atoms with Gasteiger partial charge in [-0.25, -0.2) is 14.1 Å². The molecular weight excluding hydrogens is 361 g/mol. The number of hydrogen-bond donors (Lipinski definition) is 1. The minimum atomic E-state index is -1.38. The zero-order chi connectivity index (χ0) is 19.5. The maximum Gasteiger partial charge on any atom is 0.335 e. The molecule has 0 aliphatic carbocycles. The molecule has 0 saturated carbocycles. The number of hydrogen-bond acceptors (Lipinski definition) is 4. The van der Waals surface area contributed by atoms with Crippen molar-refractivity contribution < 1.29 is 18.8 Å². The molecule has 2 atom stereocenters. The molecule has 1 spiro atoms. The highest BCUT2D eigenvalue weighted by atomic mass is 19.1. The summed E-state index contributed by atoms with van der Waals surface area (Å²) < 4.78 is 13.3. The van der Waals surface area contributed by atoms with E-state index in [0.29, 0.717) is 6.42 Å². The predicted octanol–water partition coefficient (Wildman–Crippen LogP) is 2.62. The Balaban J connectivity index is 1.65. The Hall–Kier alpha value is -3.22. The number of rotatable bonds is 1. The van der Waals surface area contributed by atoms with Crippen LogP contribution in [0.5, 0.6) is 0 Å². The number of barbiturate groups is 1. The number of nitrogens with zero attached hydrogens (tertiary/aromatic N) is 2. The summed E-state index contributed by atoms with van der Waals surface area (Å²) in [5.74, 6) is -1.56. The van der Waals surface area contributed by atoms with E-state index in [4.69, 9.17) is 0 Å². The van der Waals surface area contributed by atoms with Gasteiger partial charge in [0.15, 0.2) is 5.41 Å². The number of benzene rings is 2. The first-order chi connectivity index (χ1) is 13.5. The molecule has 2 aromatic rings. The monoisotopic (exact) mass is 379 g/mol. The largest absolute Gasteiger partial charge is 0.367 e. The van der Waals surface area contributed by atoms with Crippen LogP contribution in [0.25, 0.3) is 0 Å². The van der Waals surface area contributed by atoms with Gasteiger partial charge in [-0.3, -0.25) is 14.9 Å². The molecule has 28 heavy (non-hydrogen) atoms. The number of fused-ring (bicyclic) bond motifs is 4. The molecule has 5 rings (SSSR count). The molecule has 3 aliphatic heterocycles. The summed E-state index contributed by atoms with van der Waals surface area (Å²) in [6, 6.07) is 11.8. The quantitative estimate of drug-likeness (QED) is 0.774. The molecule has 2 saturated heterocycles. The first-order valence-corrected chi connectivity index (χ1v) is 9.32. The fourth-order valence-electron chi connectivity index (χ4n) is 4.85. The van der Waals surface area contributed by atoms with Crippen molar-refractivity contribution in [2.24, 2.45) is 5.41 Å². The number of urea groups is 1. The van der Waals surface area contributed by atoms with Crippen LogP contribution < -0.4 is 15.1 Å². The van der Waals surface area contributed by atoms with Crippen LogP contribution in [0.1, 0.15) is 18.4 Å². The number of carbonyl (C=O) groups excluding carboxylic acids is 3. The molecule has 1 N–H and O–H groups in total. The number of amides is 4. The minimum absolute atomic E-state index is 0.236. The molecule has 2 aromatic carbocycles. The van der Waals surface area contributed by atoms with Crippen LogP contribution >= 0.6 is 0 Å². The topological polar surface area (TPSA) is 69.7 Å². The average Bonchev–Trinajstić information content (AvgIpc) is 3.18. The van der Waals surface area contributed by atoms with E-state index in [1.165, 1.54) is 24.3 Å². The van der Waals surface area contributed by atoms with E-state index in [1.54, 1.807) is 0 Å². The van der Waals surface area contributed by atoms with Gasteiger partial charge >= 0.3 is 6.03 Å². The van der Waals surface area contributed by atoms with Gasteiger partial charge in [0.05, 0.1) is 11.7 Å². The van der Waals surface area contributed by atoms with Gasteiger partial charge in [-0.2, -0.15) is 0 Å². The summed E-state index contributed by atoms with van der Waals surface area (Å²) in [7, 11) is 0. The molecule has 2 fully saturated rings. The van der Waals surface area contributed by atoms with E-state index in [0.717, 1.165) is 29.1 Å². The molecule has 3 aliphatic rings. The van der Waals surface area contributed by atoms with Crippen molar-refractivity contribution in [3.63, 3.8) is 0 Å². The molecule has 3 heterocycles.